The van der Waals surface area contributed by atoms with Crippen molar-refractivity contribution in [3.63, 3.8) is 0 Å². The van der Waals surface area contributed by atoms with Crippen molar-refractivity contribution in [2.75, 3.05) is 27.3 Å². The van der Waals surface area contributed by atoms with E-state index in [1.807, 2.05) is 54.6 Å². The Labute approximate surface area is 199 Å². The fourth-order valence-electron chi connectivity index (χ4n) is 3.68. The second-order valence-electron chi connectivity index (χ2n) is 7.68. The molecule has 164 valence electrons. The molecule has 0 radical (unpaired) electrons. The summed E-state index contributed by atoms with van der Waals surface area (Å²) >= 11 is 2.26. The van der Waals surface area contributed by atoms with Crippen LogP contribution in [0.4, 0.5) is 0 Å². The maximum absolute atomic E-state index is 10.9. The van der Waals surface area contributed by atoms with Crippen LogP contribution in [0.1, 0.15) is 24.0 Å². The van der Waals surface area contributed by atoms with Crippen LogP contribution in [0.5, 0.6) is 11.5 Å². The first-order valence-corrected chi connectivity index (χ1v) is 11.5. The summed E-state index contributed by atoms with van der Waals surface area (Å²) in [5.74, 6) is 1.74. The van der Waals surface area contributed by atoms with E-state index in [0.29, 0.717) is 0 Å². The Bertz CT molecular complexity index is 906. The van der Waals surface area contributed by atoms with Crippen molar-refractivity contribution >= 4 is 22.6 Å². The summed E-state index contributed by atoms with van der Waals surface area (Å²) < 4.78 is 11.4. The first kappa shape index (κ1) is 23.6. The maximum Gasteiger partial charge on any atom is 0.118 e. The lowest BCUT2D eigenvalue weighted by Gasteiger charge is -2.38. The van der Waals surface area contributed by atoms with Gasteiger partial charge in [-0.25, -0.2) is 0 Å². The van der Waals surface area contributed by atoms with Crippen LogP contribution < -0.4 is 9.47 Å². The molecule has 1 heterocycles. The molecular formula is C26H30INO3. The molecule has 0 saturated carbocycles. The van der Waals surface area contributed by atoms with Gasteiger partial charge in [-0.2, -0.15) is 0 Å². The summed E-state index contributed by atoms with van der Waals surface area (Å²) in [7, 11) is 3.33. The number of likely N-dealkylation sites (tertiary alicyclic amines) is 1. The first-order valence-electron chi connectivity index (χ1n) is 10.5. The molecule has 5 heteroatoms. The van der Waals surface area contributed by atoms with Crippen molar-refractivity contribution in [2.24, 2.45) is 0 Å². The summed E-state index contributed by atoms with van der Waals surface area (Å²) in [6.07, 6.45) is 1.54. The highest BCUT2D eigenvalue weighted by Crippen LogP contribution is 2.34. The molecule has 0 aromatic heterocycles. The van der Waals surface area contributed by atoms with E-state index in [1.165, 1.54) is 9.13 Å². The lowest BCUT2D eigenvalue weighted by Crippen LogP contribution is -2.42. The molecule has 4 rings (SSSR count). The molecule has 1 saturated heterocycles. The molecule has 1 N–H and O–H groups in total. The number of hydrogen-bond acceptors (Lipinski definition) is 4. The van der Waals surface area contributed by atoms with E-state index in [9.17, 15) is 5.11 Å². The molecule has 31 heavy (non-hydrogen) atoms. The average molecular weight is 531 g/mol. The highest BCUT2D eigenvalue weighted by molar-refractivity contribution is 14.1. The van der Waals surface area contributed by atoms with Gasteiger partial charge >= 0.3 is 0 Å². The van der Waals surface area contributed by atoms with Crippen molar-refractivity contribution in [3.8, 4) is 11.5 Å². The highest BCUT2D eigenvalue weighted by atomic mass is 127. The smallest absolute Gasteiger partial charge is 0.118 e. The average Bonchev–Trinajstić information content (AvgIpc) is 2.82. The van der Waals surface area contributed by atoms with E-state index in [2.05, 4.69) is 51.8 Å². The quantitative estimate of drug-likeness (QED) is 0.443. The molecule has 0 bridgehead atoms. The topological polar surface area (TPSA) is 41.9 Å². The van der Waals surface area contributed by atoms with Gasteiger partial charge in [-0.15, -0.1) is 0 Å². The zero-order valence-corrected chi connectivity index (χ0v) is 20.3. The van der Waals surface area contributed by atoms with Gasteiger partial charge in [0.25, 0.3) is 0 Å². The van der Waals surface area contributed by atoms with Gasteiger partial charge in [0.15, 0.2) is 0 Å². The largest absolute Gasteiger partial charge is 0.497 e. The Hall–Kier alpha value is -2.09. The fourth-order valence-corrected chi connectivity index (χ4v) is 4.04. The predicted octanol–water partition coefficient (Wildman–Crippen LogP) is 5.48. The van der Waals surface area contributed by atoms with Gasteiger partial charge in [-0.05, 0) is 83.0 Å². The molecule has 0 unspecified atom stereocenters. The summed E-state index contributed by atoms with van der Waals surface area (Å²) in [6, 6.07) is 26.2. The Balaban J connectivity index is 0.000000254. The van der Waals surface area contributed by atoms with Gasteiger partial charge in [0, 0.05) is 23.2 Å². The second-order valence-corrected chi connectivity index (χ2v) is 8.93. The Morgan fingerprint density at radius 3 is 1.84 bits per heavy atom. The molecular weight excluding hydrogens is 501 g/mol. The zero-order valence-electron chi connectivity index (χ0n) is 18.1. The number of rotatable bonds is 5. The number of methoxy groups -OCH3 is 2. The van der Waals surface area contributed by atoms with Crippen LogP contribution in [-0.4, -0.2) is 37.3 Å². The van der Waals surface area contributed by atoms with Crippen molar-refractivity contribution in [2.45, 2.75) is 25.0 Å². The van der Waals surface area contributed by atoms with E-state index in [-0.39, 0.29) is 0 Å². The van der Waals surface area contributed by atoms with Gasteiger partial charge in [-0.3, -0.25) is 4.90 Å². The molecule has 1 aliphatic rings. The lowest BCUT2D eigenvalue weighted by molar-refractivity contribution is -0.0277. The third kappa shape index (κ3) is 6.95. The molecule has 1 fully saturated rings. The van der Waals surface area contributed by atoms with Crippen molar-refractivity contribution in [3.05, 3.63) is 93.6 Å². The monoisotopic (exact) mass is 531 g/mol. The predicted molar refractivity (Wildman–Crippen MR) is 134 cm³/mol. The van der Waals surface area contributed by atoms with E-state index in [4.69, 9.17) is 9.47 Å². The minimum atomic E-state index is -0.709. The van der Waals surface area contributed by atoms with Crippen molar-refractivity contribution in [1.82, 2.24) is 4.90 Å². The summed E-state index contributed by atoms with van der Waals surface area (Å²) in [5.41, 5.74) is 1.62. The van der Waals surface area contributed by atoms with Crippen LogP contribution in [0.2, 0.25) is 0 Å². The lowest BCUT2D eigenvalue weighted by atomic mass is 9.84. The standard InChI is InChI=1S/C19H23NO2.C7H7IO/c1-22-18-9-7-17(8-10-18)19(21)11-13-20(14-12-19)15-16-5-3-2-4-6-16;1-9-7-4-2-6(8)3-5-7/h2-10,21H,11-15H2,1H3;2-5H,1H3. The van der Waals surface area contributed by atoms with Crippen LogP contribution in [-0.2, 0) is 12.1 Å². The third-order valence-corrected chi connectivity index (χ3v) is 6.33. The Morgan fingerprint density at radius 1 is 0.806 bits per heavy atom. The summed E-state index contributed by atoms with van der Waals surface area (Å²) in [6.45, 7) is 2.79. The SMILES string of the molecule is COc1ccc(C2(O)CCN(Cc3ccccc3)CC2)cc1.COc1ccc(I)cc1. The van der Waals surface area contributed by atoms with Crippen LogP contribution in [0.25, 0.3) is 0 Å². The van der Waals surface area contributed by atoms with E-state index >= 15 is 0 Å². The summed E-state index contributed by atoms with van der Waals surface area (Å²) in [5, 5.41) is 10.9. The number of ether oxygens (including phenoxy) is 2. The number of benzene rings is 3. The summed E-state index contributed by atoms with van der Waals surface area (Å²) in [4.78, 5) is 2.41. The Kier molecular flexibility index (Phi) is 8.75. The molecule has 0 aliphatic carbocycles. The van der Waals surface area contributed by atoms with Gasteiger partial charge in [0.05, 0.1) is 19.8 Å². The molecule has 0 atom stereocenters. The Morgan fingerprint density at radius 2 is 1.32 bits per heavy atom. The molecule has 0 spiro atoms. The third-order valence-electron chi connectivity index (χ3n) is 5.61. The van der Waals surface area contributed by atoms with Gasteiger partial charge in [-0.1, -0.05) is 42.5 Å². The van der Waals surface area contributed by atoms with Crippen LogP contribution in [0.3, 0.4) is 0 Å². The normalized spacial score (nSPS) is 15.5. The molecule has 3 aromatic carbocycles. The number of halogens is 1. The van der Waals surface area contributed by atoms with Crippen LogP contribution in [0, 0.1) is 3.57 Å². The zero-order chi connectivity index (χ0) is 22.1. The maximum atomic E-state index is 10.9. The van der Waals surface area contributed by atoms with Crippen molar-refractivity contribution < 1.29 is 14.6 Å². The fraction of sp³-hybridized carbons (Fsp3) is 0.308. The number of hydrogen-bond donors (Lipinski definition) is 1. The molecule has 3 aromatic rings. The van der Waals surface area contributed by atoms with Crippen LogP contribution in [0.15, 0.2) is 78.9 Å². The minimum Gasteiger partial charge on any atom is -0.497 e. The van der Waals surface area contributed by atoms with Gasteiger partial charge < -0.3 is 14.6 Å². The molecule has 4 nitrogen and oxygen atoms in total. The molecule has 0 amide bonds. The van der Waals surface area contributed by atoms with E-state index in [0.717, 1.165) is 49.5 Å². The van der Waals surface area contributed by atoms with Crippen molar-refractivity contribution in [1.29, 1.82) is 0 Å². The number of nitrogens with zero attached hydrogens (tertiary/aromatic N) is 1. The van der Waals surface area contributed by atoms with E-state index in [1.54, 1.807) is 14.2 Å². The number of aliphatic hydroxyl groups is 1. The first-order chi connectivity index (χ1) is 15.0. The van der Waals surface area contributed by atoms with Gasteiger partial charge in [0.2, 0.25) is 0 Å². The molecule has 1 aliphatic heterocycles. The van der Waals surface area contributed by atoms with Gasteiger partial charge in [0.1, 0.15) is 11.5 Å². The number of piperidine rings is 1. The highest BCUT2D eigenvalue weighted by Gasteiger charge is 2.33. The second kappa shape index (κ2) is 11.5. The van der Waals surface area contributed by atoms with E-state index < -0.39 is 5.60 Å². The minimum absolute atomic E-state index is 0.709. The van der Waals surface area contributed by atoms with Crippen LogP contribution >= 0.6 is 22.6 Å².